The van der Waals surface area contributed by atoms with E-state index < -0.39 is 0 Å². The minimum Gasteiger partial charge on any atom is -0.212 e. The average molecular weight is 249 g/mol. The third-order valence-corrected chi connectivity index (χ3v) is 3.69. The van der Waals surface area contributed by atoms with Crippen LogP contribution in [0.3, 0.4) is 0 Å². The lowest BCUT2D eigenvalue weighted by molar-refractivity contribution is -0.582. The Kier molecular flexibility index (Phi) is 3.00. The Balaban J connectivity index is 2.05. The first-order valence-corrected chi connectivity index (χ1v) is 6.52. The van der Waals surface area contributed by atoms with Crippen LogP contribution in [0.25, 0.3) is 0 Å². The second-order valence-corrected chi connectivity index (χ2v) is 4.88. The molecule has 0 amide bonds. The molecule has 0 saturated heterocycles. The van der Waals surface area contributed by atoms with Gasteiger partial charge in [-0.25, -0.2) is 9.57 Å². The first kappa shape index (κ1) is 11.8. The van der Waals surface area contributed by atoms with Crippen LogP contribution in [0.1, 0.15) is 11.1 Å². The fourth-order valence-electron chi connectivity index (χ4n) is 2.61. The fourth-order valence-corrected chi connectivity index (χ4v) is 2.61. The molecule has 1 heterocycles. The maximum Gasteiger partial charge on any atom is 0.285 e. The van der Waals surface area contributed by atoms with E-state index in [9.17, 15) is 0 Å². The van der Waals surface area contributed by atoms with Crippen LogP contribution in [0.4, 0.5) is 0 Å². The van der Waals surface area contributed by atoms with Crippen molar-refractivity contribution in [3.8, 4) is 0 Å². The van der Waals surface area contributed by atoms with Crippen molar-refractivity contribution >= 4 is 12.4 Å². The molecular formula is C17H17N2+. The number of nitrogens with zero attached hydrogens (tertiary/aromatic N) is 2. The molecule has 94 valence electrons. The van der Waals surface area contributed by atoms with E-state index >= 15 is 0 Å². The highest BCUT2D eigenvalue weighted by molar-refractivity contribution is 6.14. The van der Waals surface area contributed by atoms with Crippen molar-refractivity contribution < 1.29 is 4.58 Å². The van der Waals surface area contributed by atoms with E-state index in [1.165, 1.54) is 11.1 Å². The summed E-state index contributed by atoms with van der Waals surface area (Å²) in [6.07, 6.45) is 4.81. The van der Waals surface area contributed by atoms with Gasteiger partial charge in [-0.05, 0) is 17.7 Å². The Labute approximate surface area is 113 Å². The van der Waals surface area contributed by atoms with Crippen LogP contribution in [-0.2, 0) is 12.1 Å². The monoisotopic (exact) mass is 249 g/mol. The second-order valence-electron chi connectivity index (χ2n) is 4.88. The van der Waals surface area contributed by atoms with Crippen molar-refractivity contribution in [2.75, 3.05) is 7.05 Å². The molecule has 2 aromatic carbocycles. The van der Waals surface area contributed by atoms with Gasteiger partial charge in [-0.3, -0.25) is 0 Å². The first-order valence-electron chi connectivity index (χ1n) is 6.52. The molecule has 1 aliphatic rings. The molecule has 2 aromatic rings. The molecule has 1 atom stereocenters. The molecule has 0 fully saturated rings. The molecule has 0 saturated carbocycles. The third kappa shape index (κ3) is 2.10. The van der Waals surface area contributed by atoms with Crippen LogP contribution in [-0.4, -0.2) is 24.1 Å². The average Bonchev–Trinajstić information content (AvgIpc) is 2.83. The maximum absolute atomic E-state index is 4.76. The summed E-state index contributed by atoms with van der Waals surface area (Å²) in [7, 11) is 2.09. The van der Waals surface area contributed by atoms with Gasteiger partial charge >= 0.3 is 0 Å². The molecule has 2 nitrogen and oxygen atoms in total. The van der Waals surface area contributed by atoms with Crippen LogP contribution in [0.2, 0.25) is 0 Å². The molecule has 0 aromatic heterocycles. The van der Waals surface area contributed by atoms with Gasteiger partial charge in [-0.1, -0.05) is 48.5 Å². The van der Waals surface area contributed by atoms with Crippen LogP contribution in [0, 0.1) is 0 Å². The van der Waals surface area contributed by atoms with Crippen LogP contribution >= 0.6 is 0 Å². The minimum absolute atomic E-state index is 0.303. The molecular weight excluding hydrogens is 232 g/mol. The SMILES string of the molecule is C[N+]1=CC=NC1(Cc1ccccc1)c1ccccc1. The molecule has 1 unspecified atom stereocenters. The highest BCUT2D eigenvalue weighted by Crippen LogP contribution is 2.31. The first-order chi connectivity index (χ1) is 9.31. The van der Waals surface area contributed by atoms with E-state index in [-0.39, 0.29) is 5.66 Å². The number of hydrogen-bond acceptors (Lipinski definition) is 1. The van der Waals surface area contributed by atoms with Gasteiger partial charge in [0.2, 0.25) is 0 Å². The molecule has 0 spiro atoms. The van der Waals surface area contributed by atoms with E-state index in [0.717, 1.165) is 6.42 Å². The van der Waals surface area contributed by atoms with Crippen LogP contribution in [0.15, 0.2) is 65.7 Å². The number of hydrogen-bond donors (Lipinski definition) is 0. The van der Waals surface area contributed by atoms with Crippen molar-refractivity contribution in [1.82, 2.24) is 0 Å². The predicted octanol–water partition coefficient (Wildman–Crippen LogP) is 2.88. The van der Waals surface area contributed by atoms with Gasteiger partial charge in [0.15, 0.2) is 6.21 Å². The summed E-state index contributed by atoms with van der Waals surface area (Å²) in [6.45, 7) is 0. The van der Waals surface area contributed by atoms with Crippen molar-refractivity contribution in [1.29, 1.82) is 0 Å². The van der Waals surface area contributed by atoms with Gasteiger partial charge in [0.25, 0.3) is 5.66 Å². The Morgan fingerprint density at radius 2 is 1.58 bits per heavy atom. The molecule has 19 heavy (non-hydrogen) atoms. The Hall–Kier alpha value is -2.22. The molecule has 0 aliphatic carbocycles. The molecule has 0 bridgehead atoms. The summed E-state index contributed by atoms with van der Waals surface area (Å²) in [5.41, 5.74) is 2.22. The lowest BCUT2D eigenvalue weighted by atomic mass is 9.92. The van der Waals surface area contributed by atoms with E-state index in [1.54, 1.807) is 0 Å². The van der Waals surface area contributed by atoms with Crippen LogP contribution in [0.5, 0.6) is 0 Å². The predicted molar refractivity (Wildman–Crippen MR) is 79.0 cm³/mol. The zero-order chi connectivity index (χ0) is 13.1. The van der Waals surface area contributed by atoms with E-state index in [4.69, 9.17) is 4.99 Å². The minimum atomic E-state index is -0.303. The van der Waals surface area contributed by atoms with Gasteiger partial charge in [0.05, 0.1) is 12.6 Å². The third-order valence-electron chi connectivity index (χ3n) is 3.69. The fraction of sp³-hybridized carbons (Fsp3) is 0.176. The summed E-state index contributed by atoms with van der Waals surface area (Å²) in [4.78, 5) is 4.76. The zero-order valence-electron chi connectivity index (χ0n) is 11.0. The topological polar surface area (TPSA) is 15.4 Å². The van der Waals surface area contributed by atoms with Crippen molar-refractivity contribution in [2.24, 2.45) is 4.99 Å². The summed E-state index contributed by atoms with van der Waals surface area (Å²) >= 11 is 0. The highest BCUT2D eigenvalue weighted by Gasteiger charge is 2.42. The van der Waals surface area contributed by atoms with Gasteiger partial charge in [0, 0.05) is 5.56 Å². The standard InChI is InChI=1S/C17H17N2/c1-19-13-12-18-17(19,16-10-6-3-7-11-16)14-15-8-4-2-5-9-15/h2-13H,14H2,1H3/q+1. The number of rotatable bonds is 3. The smallest absolute Gasteiger partial charge is 0.212 e. The lowest BCUT2D eigenvalue weighted by Crippen LogP contribution is -2.35. The molecule has 1 aliphatic heterocycles. The number of benzene rings is 2. The van der Waals surface area contributed by atoms with E-state index in [2.05, 4.69) is 60.2 Å². The molecule has 0 radical (unpaired) electrons. The Bertz CT molecular complexity index is 614. The summed E-state index contributed by atoms with van der Waals surface area (Å²) in [5, 5.41) is 0. The van der Waals surface area contributed by atoms with Gasteiger partial charge < -0.3 is 0 Å². The van der Waals surface area contributed by atoms with E-state index in [1.807, 2.05) is 24.6 Å². The van der Waals surface area contributed by atoms with Crippen LogP contribution < -0.4 is 0 Å². The van der Waals surface area contributed by atoms with Gasteiger partial charge in [-0.2, -0.15) is 0 Å². The normalized spacial score (nSPS) is 21.4. The van der Waals surface area contributed by atoms with E-state index in [0.29, 0.717) is 0 Å². The summed E-state index contributed by atoms with van der Waals surface area (Å²) in [5.74, 6) is 0. The second kappa shape index (κ2) is 4.81. The maximum atomic E-state index is 4.76. The number of aliphatic imine (C=N–C) groups is 1. The Morgan fingerprint density at radius 3 is 2.16 bits per heavy atom. The van der Waals surface area contributed by atoms with Gasteiger partial charge in [-0.15, -0.1) is 0 Å². The van der Waals surface area contributed by atoms with Crippen molar-refractivity contribution in [3.05, 3.63) is 71.8 Å². The zero-order valence-corrected chi connectivity index (χ0v) is 11.0. The highest BCUT2D eigenvalue weighted by atomic mass is 15.2. The lowest BCUT2D eigenvalue weighted by Gasteiger charge is -2.23. The van der Waals surface area contributed by atoms with Crippen molar-refractivity contribution in [3.63, 3.8) is 0 Å². The molecule has 2 heteroatoms. The van der Waals surface area contributed by atoms with Gasteiger partial charge in [0.1, 0.15) is 7.05 Å². The summed E-state index contributed by atoms with van der Waals surface area (Å²) < 4.78 is 2.19. The summed E-state index contributed by atoms with van der Waals surface area (Å²) in [6, 6.07) is 21.0. The van der Waals surface area contributed by atoms with Crippen molar-refractivity contribution in [2.45, 2.75) is 12.1 Å². The molecule has 3 rings (SSSR count). The quantitative estimate of drug-likeness (QED) is 0.743. The number of likely N-dealkylation sites (N-methyl/N-ethyl adjacent to an activating group) is 1. The largest absolute Gasteiger partial charge is 0.285 e. The molecule has 0 N–H and O–H groups in total. The Morgan fingerprint density at radius 1 is 0.947 bits per heavy atom.